The van der Waals surface area contributed by atoms with E-state index in [0.717, 1.165) is 17.8 Å². The fourth-order valence-electron chi connectivity index (χ4n) is 4.76. The molecule has 5 rings (SSSR count). The van der Waals surface area contributed by atoms with Crippen LogP contribution in [0.4, 0.5) is 14.6 Å². The van der Waals surface area contributed by atoms with Crippen LogP contribution in [0, 0.1) is 11.6 Å². The highest BCUT2D eigenvalue weighted by Gasteiger charge is 2.56. The Morgan fingerprint density at radius 2 is 1.97 bits per heavy atom. The van der Waals surface area contributed by atoms with Crippen molar-refractivity contribution in [1.82, 2.24) is 14.5 Å². The SMILES string of the molecule is C[C@@H](Nc1nc(Cl)nc2c1ccn2[C@@H]1O[C@H](CSCP(=O)(O)O)[C@H]2OC(C)(C)O[C@H]21)c1ccc(F)cc1F. The standard InChI is InChI=1S/C23H26ClF2N4O6PS/c1-11(13-5-4-12(25)8-15(13)26)27-19-14-6-7-30(20(14)29-22(24)28-19)21-18-17(35-23(2,3)36-18)16(34-21)9-38-10-37(31,32)33/h4-8,11,16-18,21H,9-10H2,1-3H3,(H,27,28,29)(H2,31,32,33)/t11-,16-,17-,18-,21-/m1/s1. The molecule has 0 radical (unpaired) electrons. The second-order valence-electron chi connectivity index (χ2n) is 9.63. The summed E-state index contributed by atoms with van der Waals surface area (Å²) in [5.41, 5.74) is 0.348. The van der Waals surface area contributed by atoms with Crippen LogP contribution in [0.3, 0.4) is 0 Å². The van der Waals surface area contributed by atoms with Gasteiger partial charge in [-0.25, -0.2) is 13.8 Å². The summed E-state index contributed by atoms with van der Waals surface area (Å²) >= 11 is 7.34. The van der Waals surface area contributed by atoms with Crippen LogP contribution >= 0.6 is 31.0 Å². The Kier molecular flexibility index (Phi) is 7.51. The van der Waals surface area contributed by atoms with E-state index in [1.165, 1.54) is 12.1 Å². The summed E-state index contributed by atoms with van der Waals surface area (Å²) in [5.74, 6) is -1.61. The minimum atomic E-state index is -4.17. The number of ether oxygens (including phenoxy) is 3. The summed E-state index contributed by atoms with van der Waals surface area (Å²) in [6.07, 6.45) is -0.444. The fraction of sp³-hybridized carbons (Fsp3) is 0.478. The first-order valence-corrected chi connectivity index (χ1v) is 15.0. The number of nitrogens with one attached hydrogen (secondary N) is 1. The molecule has 3 aromatic rings. The van der Waals surface area contributed by atoms with Crippen molar-refractivity contribution >= 4 is 47.8 Å². The van der Waals surface area contributed by atoms with Gasteiger partial charge in [-0.05, 0) is 44.5 Å². The Bertz CT molecular complexity index is 1410. The lowest BCUT2D eigenvalue weighted by Gasteiger charge is -2.25. The molecule has 15 heteroatoms. The molecule has 2 fully saturated rings. The van der Waals surface area contributed by atoms with Crippen LogP contribution < -0.4 is 5.32 Å². The number of thioether (sulfide) groups is 1. The van der Waals surface area contributed by atoms with Gasteiger partial charge >= 0.3 is 7.60 Å². The molecule has 0 bridgehead atoms. The first-order valence-electron chi connectivity index (χ1n) is 11.7. The van der Waals surface area contributed by atoms with Gasteiger partial charge in [0.25, 0.3) is 0 Å². The van der Waals surface area contributed by atoms with Crippen LogP contribution in [0.15, 0.2) is 30.5 Å². The Morgan fingerprint density at radius 3 is 2.68 bits per heavy atom. The number of benzene rings is 1. The maximum Gasteiger partial charge on any atom is 0.335 e. The minimum Gasteiger partial charge on any atom is -0.363 e. The number of aromatic nitrogens is 3. The molecule has 10 nitrogen and oxygen atoms in total. The van der Waals surface area contributed by atoms with Crippen molar-refractivity contribution in [2.24, 2.45) is 0 Å². The van der Waals surface area contributed by atoms with Crippen molar-refractivity contribution in [1.29, 1.82) is 0 Å². The van der Waals surface area contributed by atoms with E-state index in [2.05, 4.69) is 15.3 Å². The van der Waals surface area contributed by atoms with Crippen LogP contribution in [-0.2, 0) is 18.8 Å². The van der Waals surface area contributed by atoms with Crippen molar-refractivity contribution in [2.45, 2.75) is 57.1 Å². The third-order valence-corrected chi connectivity index (χ3v) is 9.08. The summed E-state index contributed by atoms with van der Waals surface area (Å²) in [7, 11) is -4.17. The van der Waals surface area contributed by atoms with Crippen LogP contribution in [-0.4, -0.2) is 59.7 Å². The van der Waals surface area contributed by atoms with E-state index in [1.54, 1.807) is 37.6 Å². The van der Waals surface area contributed by atoms with Crippen molar-refractivity contribution in [3.8, 4) is 0 Å². The van der Waals surface area contributed by atoms with Crippen molar-refractivity contribution in [3.63, 3.8) is 0 Å². The predicted octanol–water partition coefficient (Wildman–Crippen LogP) is 4.82. The van der Waals surface area contributed by atoms with E-state index >= 15 is 0 Å². The average molecular weight is 591 g/mol. The molecular formula is C23H26ClF2N4O6PS. The molecule has 2 aliphatic rings. The Hall–Kier alpha value is -1.83. The lowest BCUT2D eigenvalue weighted by molar-refractivity contribution is -0.193. The van der Waals surface area contributed by atoms with Gasteiger partial charge in [0.2, 0.25) is 5.28 Å². The molecule has 0 saturated carbocycles. The van der Waals surface area contributed by atoms with E-state index in [1.807, 2.05) is 0 Å². The Morgan fingerprint density at radius 1 is 1.24 bits per heavy atom. The molecule has 2 saturated heterocycles. The number of anilines is 1. The van der Waals surface area contributed by atoms with Gasteiger partial charge in [-0.15, -0.1) is 11.8 Å². The van der Waals surface area contributed by atoms with Gasteiger partial charge in [-0.1, -0.05) is 6.07 Å². The maximum atomic E-state index is 14.4. The highest BCUT2D eigenvalue weighted by molar-refractivity contribution is 8.04. The lowest BCUT2D eigenvalue weighted by Crippen LogP contribution is -2.31. The molecule has 0 aliphatic carbocycles. The molecule has 1 aromatic carbocycles. The van der Waals surface area contributed by atoms with E-state index in [9.17, 15) is 23.1 Å². The van der Waals surface area contributed by atoms with Gasteiger partial charge in [-0.2, -0.15) is 4.98 Å². The lowest BCUT2D eigenvalue weighted by atomic mass is 10.1. The van der Waals surface area contributed by atoms with Gasteiger partial charge < -0.3 is 33.9 Å². The van der Waals surface area contributed by atoms with Crippen LogP contribution in [0.2, 0.25) is 5.28 Å². The summed E-state index contributed by atoms with van der Waals surface area (Å²) < 4.78 is 59.3. The first-order chi connectivity index (χ1) is 17.8. The molecule has 206 valence electrons. The quantitative estimate of drug-likeness (QED) is 0.248. The molecule has 4 heterocycles. The Labute approximate surface area is 226 Å². The second kappa shape index (κ2) is 10.3. The van der Waals surface area contributed by atoms with Crippen molar-refractivity contribution < 1.29 is 37.3 Å². The van der Waals surface area contributed by atoms with Gasteiger partial charge in [0.1, 0.15) is 35.3 Å². The molecule has 3 N–H and O–H groups in total. The summed E-state index contributed by atoms with van der Waals surface area (Å²) in [4.78, 5) is 27.1. The second-order valence-corrected chi connectivity index (χ2v) is 13.1. The Balaban J connectivity index is 1.44. The normalized spacial score (nSPS) is 25.6. The van der Waals surface area contributed by atoms with E-state index in [-0.39, 0.29) is 22.1 Å². The molecule has 0 amide bonds. The summed E-state index contributed by atoms with van der Waals surface area (Å²) in [6.45, 7) is 5.28. The monoisotopic (exact) mass is 590 g/mol. The summed E-state index contributed by atoms with van der Waals surface area (Å²) in [5, 5.41) is 3.66. The predicted molar refractivity (Wildman–Crippen MR) is 138 cm³/mol. The van der Waals surface area contributed by atoms with E-state index < -0.39 is 55.6 Å². The van der Waals surface area contributed by atoms with Crippen molar-refractivity contribution in [2.75, 3.05) is 16.6 Å². The van der Waals surface area contributed by atoms with Gasteiger partial charge in [0, 0.05) is 23.6 Å². The molecule has 0 spiro atoms. The zero-order valence-corrected chi connectivity index (χ0v) is 23.0. The molecule has 5 atom stereocenters. The number of hydrogen-bond acceptors (Lipinski definition) is 8. The smallest absolute Gasteiger partial charge is 0.335 e. The van der Waals surface area contributed by atoms with Crippen LogP contribution in [0.1, 0.15) is 38.6 Å². The summed E-state index contributed by atoms with van der Waals surface area (Å²) in [6, 6.07) is 4.56. The van der Waals surface area contributed by atoms with E-state index in [4.69, 9.17) is 25.8 Å². The highest BCUT2D eigenvalue weighted by atomic mass is 35.5. The van der Waals surface area contributed by atoms with Crippen LogP contribution in [0.5, 0.6) is 0 Å². The highest BCUT2D eigenvalue weighted by Crippen LogP contribution is 2.46. The molecule has 38 heavy (non-hydrogen) atoms. The van der Waals surface area contributed by atoms with Gasteiger partial charge in [-0.3, -0.25) is 4.57 Å². The minimum absolute atomic E-state index is 0.0565. The number of hydrogen-bond donors (Lipinski definition) is 3. The fourth-order valence-corrected chi connectivity index (χ4v) is 6.80. The number of halogens is 3. The van der Waals surface area contributed by atoms with Crippen LogP contribution in [0.25, 0.3) is 11.0 Å². The molecule has 2 aromatic heterocycles. The average Bonchev–Trinajstić information content (AvgIpc) is 3.44. The zero-order valence-electron chi connectivity index (χ0n) is 20.5. The third kappa shape index (κ3) is 5.71. The number of nitrogens with zero attached hydrogens (tertiary/aromatic N) is 3. The number of fused-ring (bicyclic) bond motifs is 2. The largest absolute Gasteiger partial charge is 0.363 e. The molecule has 2 aliphatic heterocycles. The topological polar surface area (TPSA) is 128 Å². The van der Waals surface area contributed by atoms with Crippen molar-refractivity contribution in [3.05, 3.63) is 52.9 Å². The number of rotatable bonds is 8. The van der Waals surface area contributed by atoms with Gasteiger partial charge in [0.15, 0.2) is 12.0 Å². The molecule has 0 unspecified atom stereocenters. The zero-order chi connectivity index (χ0) is 27.4. The first kappa shape index (κ1) is 27.7. The van der Waals surface area contributed by atoms with Gasteiger partial charge in [0.05, 0.1) is 23.0 Å². The molecular weight excluding hydrogens is 565 g/mol. The van der Waals surface area contributed by atoms with E-state index in [0.29, 0.717) is 16.9 Å². The maximum absolute atomic E-state index is 14.4. The third-order valence-electron chi connectivity index (χ3n) is 6.27.